The van der Waals surface area contributed by atoms with Crippen molar-refractivity contribution in [3.05, 3.63) is 76.8 Å². The highest BCUT2D eigenvalue weighted by Gasteiger charge is 2.43. The number of anilines is 3. The van der Waals surface area contributed by atoms with Crippen LogP contribution in [-0.4, -0.2) is 51.1 Å². The lowest BCUT2D eigenvalue weighted by Gasteiger charge is -2.43. The number of rotatable bonds is 10. The summed E-state index contributed by atoms with van der Waals surface area (Å²) in [5.74, 6) is 0.589. The summed E-state index contributed by atoms with van der Waals surface area (Å²) in [6.07, 6.45) is 5.77. The number of likely N-dealkylation sites (N-methyl/N-ethyl adjacent to an activating group) is 1. The Labute approximate surface area is 236 Å². The van der Waals surface area contributed by atoms with Crippen LogP contribution in [0.1, 0.15) is 44.7 Å². The molecule has 11 heteroatoms. The van der Waals surface area contributed by atoms with E-state index < -0.39 is 20.9 Å². The molecule has 0 aliphatic carbocycles. The zero-order chi connectivity index (χ0) is 29.1. The number of nitrogens with zero attached hydrogens (tertiary/aromatic N) is 6. The van der Waals surface area contributed by atoms with Crippen molar-refractivity contribution in [2.75, 3.05) is 46.6 Å². The molecule has 0 amide bonds. The summed E-state index contributed by atoms with van der Waals surface area (Å²) >= 11 is 0. The molecule has 1 N–H and O–H groups in total. The van der Waals surface area contributed by atoms with Crippen molar-refractivity contribution in [3.8, 4) is 12.1 Å². The number of quaternary nitrogens is 1. The van der Waals surface area contributed by atoms with Crippen molar-refractivity contribution in [2.45, 2.75) is 39.8 Å². The van der Waals surface area contributed by atoms with Crippen molar-refractivity contribution in [1.29, 1.82) is 10.5 Å². The first kappa shape index (κ1) is 29.1. The molecule has 0 aromatic heterocycles. The molecule has 2 unspecified atom stereocenters. The van der Waals surface area contributed by atoms with Crippen LogP contribution in [0.4, 0.5) is 22.7 Å². The minimum atomic E-state index is -4.07. The van der Waals surface area contributed by atoms with Crippen LogP contribution in [0.15, 0.2) is 60.4 Å². The van der Waals surface area contributed by atoms with Crippen LogP contribution < -0.4 is 19.3 Å². The van der Waals surface area contributed by atoms with E-state index in [9.17, 15) is 24.1 Å². The topological polar surface area (TPSA) is 135 Å². The minimum Gasteiger partial charge on any atom is -0.626 e. The highest BCUT2D eigenvalue weighted by Crippen LogP contribution is 2.46. The quantitative estimate of drug-likeness (QED) is 0.187. The van der Waals surface area contributed by atoms with Gasteiger partial charge in [0.1, 0.15) is 11.5 Å². The molecule has 0 bridgehead atoms. The van der Waals surface area contributed by atoms with Crippen molar-refractivity contribution >= 4 is 32.9 Å². The predicted octanol–water partition coefficient (Wildman–Crippen LogP) is 4.83. The molecule has 4 rings (SSSR count). The molecule has 210 valence electrons. The molecule has 2 aliphatic heterocycles. The average molecular weight is 563 g/mol. The lowest BCUT2D eigenvalue weighted by atomic mass is 10.1. The average Bonchev–Trinajstić information content (AvgIpc) is 3.37. The molecular formula is C29H34N6O4S. The number of fused-ring (bicyclic) bond motifs is 2. The second-order valence-corrected chi connectivity index (χ2v) is 11.3. The normalized spacial score (nSPS) is 21.1. The van der Waals surface area contributed by atoms with Gasteiger partial charge in [0, 0.05) is 25.7 Å². The third-order valence-corrected chi connectivity index (χ3v) is 8.29. The van der Waals surface area contributed by atoms with Crippen LogP contribution in [0.3, 0.4) is 0 Å². The Morgan fingerprint density at radius 1 is 0.975 bits per heavy atom. The summed E-state index contributed by atoms with van der Waals surface area (Å²) in [5.41, 5.74) is 4.22. The maximum atomic E-state index is 14.3. The molecule has 2 aliphatic rings. The van der Waals surface area contributed by atoms with E-state index in [2.05, 4.69) is 28.9 Å². The van der Waals surface area contributed by atoms with Crippen molar-refractivity contribution in [2.24, 2.45) is 0 Å². The molecule has 0 spiro atoms. The molecule has 10 nitrogen and oxygen atoms in total. The van der Waals surface area contributed by atoms with E-state index in [1.54, 1.807) is 18.2 Å². The predicted molar refractivity (Wildman–Crippen MR) is 158 cm³/mol. The molecule has 40 heavy (non-hydrogen) atoms. The van der Waals surface area contributed by atoms with Crippen LogP contribution in [-0.2, 0) is 10.1 Å². The zero-order valence-corrected chi connectivity index (χ0v) is 23.8. The largest absolute Gasteiger partial charge is 0.626 e. The molecule has 0 saturated carbocycles. The Hall–Kier alpha value is -3.87. The van der Waals surface area contributed by atoms with Gasteiger partial charge in [-0.15, -0.1) is 0 Å². The second-order valence-electron chi connectivity index (χ2n) is 9.74. The smallest absolute Gasteiger partial charge is 0.264 e. The number of benzene rings is 2. The van der Waals surface area contributed by atoms with Gasteiger partial charge < -0.3 is 24.6 Å². The van der Waals surface area contributed by atoms with Crippen LogP contribution in [0.2, 0.25) is 0 Å². The van der Waals surface area contributed by atoms with E-state index in [0.29, 0.717) is 42.0 Å². The van der Waals surface area contributed by atoms with E-state index in [0.717, 1.165) is 23.7 Å². The summed E-state index contributed by atoms with van der Waals surface area (Å²) in [5, 5.41) is 33.2. The van der Waals surface area contributed by atoms with E-state index >= 15 is 0 Å². The van der Waals surface area contributed by atoms with Gasteiger partial charge in [0.15, 0.2) is 11.9 Å². The summed E-state index contributed by atoms with van der Waals surface area (Å²) < 4.78 is 30.9. The van der Waals surface area contributed by atoms with Crippen LogP contribution >= 0.6 is 0 Å². The van der Waals surface area contributed by atoms with Gasteiger partial charge in [-0.3, -0.25) is 4.55 Å². The highest BCUT2D eigenvalue weighted by molar-refractivity contribution is 7.85. The lowest BCUT2D eigenvalue weighted by molar-refractivity contribution is 0.345. The maximum Gasteiger partial charge on any atom is 0.264 e. The number of nitriles is 2. The number of allylic oxidation sites excluding steroid dienone is 2. The summed E-state index contributed by atoms with van der Waals surface area (Å²) in [7, 11) is -4.07. The van der Waals surface area contributed by atoms with Gasteiger partial charge in [0.25, 0.3) is 10.1 Å². The fourth-order valence-electron chi connectivity index (χ4n) is 5.59. The fourth-order valence-corrected chi connectivity index (χ4v) is 6.16. The first-order valence-corrected chi connectivity index (χ1v) is 15.1. The summed E-state index contributed by atoms with van der Waals surface area (Å²) in [6.45, 7) is 7.99. The molecule has 2 aromatic rings. The Balaban J connectivity index is 1.70. The standard InChI is InChI=1S/C29H34N6O4S/c1-4-32-24-14-12-22(20-30)18-25(24)33(5-2)28(32)10-9-11-29-34(16-7-8-17-40(37,38)39)26-19-23(21-31)13-15-27(26)35(29,36)6-3/h9-15,18-19,29H,4-8,16-17H2,1-3H3,(H,37,38,39). The first-order chi connectivity index (χ1) is 19.1. The Morgan fingerprint density at radius 3 is 2.20 bits per heavy atom. The van der Waals surface area contributed by atoms with Gasteiger partial charge in [-0.05, 0) is 76.1 Å². The van der Waals surface area contributed by atoms with E-state index in [1.807, 2.05) is 55.2 Å². The maximum absolute atomic E-state index is 14.3. The third-order valence-electron chi connectivity index (χ3n) is 7.49. The monoisotopic (exact) mass is 562 g/mol. The third kappa shape index (κ3) is 5.42. The number of hydrogen-bond donors (Lipinski definition) is 1. The first-order valence-electron chi connectivity index (χ1n) is 13.4. The Morgan fingerprint density at radius 2 is 1.60 bits per heavy atom. The highest BCUT2D eigenvalue weighted by atomic mass is 32.2. The molecule has 2 atom stereocenters. The van der Waals surface area contributed by atoms with E-state index in [4.69, 9.17) is 4.55 Å². The summed E-state index contributed by atoms with van der Waals surface area (Å²) in [6, 6.07) is 15.1. The van der Waals surface area contributed by atoms with Crippen molar-refractivity contribution < 1.29 is 13.0 Å². The second kappa shape index (κ2) is 11.7. The van der Waals surface area contributed by atoms with Crippen molar-refractivity contribution in [3.63, 3.8) is 0 Å². The number of unbranched alkanes of at least 4 members (excludes halogenated alkanes) is 1. The van der Waals surface area contributed by atoms with Gasteiger partial charge in [-0.1, -0.05) is 6.08 Å². The van der Waals surface area contributed by atoms with Crippen LogP contribution in [0, 0.1) is 27.9 Å². The molecule has 0 saturated heterocycles. The molecule has 0 fully saturated rings. The Bertz CT molecular complexity index is 1520. The minimum absolute atomic E-state index is 0.244. The number of hydrogen-bond acceptors (Lipinski definition) is 8. The van der Waals surface area contributed by atoms with E-state index in [-0.39, 0.29) is 18.7 Å². The summed E-state index contributed by atoms with van der Waals surface area (Å²) in [4.78, 5) is 6.24. The lowest BCUT2D eigenvalue weighted by Crippen LogP contribution is -2.54. The molecule has 2 aromatic carbocycles. The van der Waals surface area contributed by atoms with Gasteiger partial charge in [-0.25, -0.2) is 0 Å². The van der Waals surface area contributed by atoms with Gasteiger partial charge in [0.2, 0.25) is 0 Å². The molecule has 2 heterocycles. The van der Waals surface area contributed by atoms with Crippen LogP contribution in [0.5, 0.6) is 0 Å². The van der Waals surface area contributed by atoms with Crippen molar-refractivity contribution in [1.82, 2.24) is 4.65 Å². The van der Waals surface area contributed by atoms with Gasteiger partial charge in [-0.2, -0.15) is 18.9 Å². The van der Waals surface area contributed by atoms with Gasteiger partial charge >= 0.3 is 0 Å². The fraction of sp³-hybridized carbons (Fsp3) is 0.379. The molecule has 0 radical (unpaired) electrons. The van der Waals surface area contributed by atoms with E-state index in [1.165, 1.54) is 0 Å². The zero-order valence-electron chi connectivity index (χ0n) is 23.0. The molecular weight excluding hydrogens is 528 g/mol. The Kier molecular flexibility index (Phi) is 8.52. The SMILES string of the molecule is CCN1C(=CC=CC2N(CCCCS(=O)(=O)O)c3cc(C#N)ccc3[N+]2([O-])CC)N(CC)c2cc(C#N)ccc21. The van der Waals surface area contributed by atoms with Gasteiger partial charge in [0.05, 0.1) is 46.9 Å². The number of hydroxylamine groups is 2. The van der Waals surface area contributed by atoms with Crippen LogP contribution in [0.25, 0.3) is 0 Å².